The number of hydrogen-bond donors (Lipinski definition) is 1. The Hall–Kier alpha value is -0.860. The maximum absolute atomic E-state index is 9.54. The zero-order valence-corrected chi connectivity index (χ0v) is 10.0. The molecule has 0 spiro atoms. The Morgan fingerprint density at radius 2 is 2.12 bits per heavy atom. The largest absolute Gasteiger partial charge is 0.393 e. The number of rotatable bonds is 3. The van der Waals surface area contributed by atoms with Crippen LogP contribution in [0.15, 0.2) is 24.3 Å². The average molecular weight is 220 g/mol. The molecule has 1 aliphatic heterocycles. The molecule has 1 aliphatic rings. The van der Waals surface area contributed by atoms with Crippen LogP contribution in [0.2, 0.25) is 0 Å². The van der Waals surface area contributed by atoms with E-state index in [0.717, 1.165) is 19.4 Å². The fourth-order valence-electron chi connectivity index (χ4n) is 2.21. The molecule has 1 aromatic carbocycles. The first-order valence-electron chi connectivity index (χ1n) is 6.06. The lowest BCUT2D eigenvalue weighted by Crippen LogP contribution is -2.22. The molecule has 0 amide bonds. The predicted molar refractivity (Wildman–Crippen MR) is 64.3 cm³/mol. The summed E-state index contributed by atoms with van der Waals surface area (Å²) in [5.74, 6) is 0.274. The maximum Gasteiger partial charge on any atom is 0.0831 e. The average Bonchev–Trinajstić information content (AvgIpc) is 2.29. The first kappa shape index (κ1) is 11.6. The molecule has 1 aromatic rings. The van der Waals surface area contributed by atoms with E-state index in [9.17, 15) is 5.11 Å². The first-order chi connectivity index (χ1) is 7.68. The quantitative estimate of drug-likeness (QED) is 0.848. The number of fused-ring (bicyclic) bond motifs is 1. The second-order valence-corrected chi connectivity index (χ2v) is 4.76. The van der Waals surface area contributed by atoms with Crippen molar-refractivity contribution in [3.05, 3.63) is 35.4 Å². The highest BCUT2D eigenvalue weighted by Crippen LogP contribution is 2.32. The molecule has 2 heteroatoms. The molecule has 16 heavy (non-hydrogen) atoms. The van der Waals surface area contributed by atoms with Gasteiger partial charge in [0.25, 0.3) is 0 Å². The van der Waals surface area contributed by atoms with Crippen LogP contribution in [-0.2, 0) is 11.2 Å². The van der Waals surface area contributed by atoms with E-state index in [1.807, 2.05) is 6.92 Å². The van der Waals surface area contributed by atoms with E-state index in [1.54, 1.807) is 0 Å². The summed E-state index contributed by atoms with van der Waals surface area (Å²) in [7, 11) is 0. The normalized spacial score (nSPS) is 23.6. The Kier molecular flexibility index (Phi) is 3.62. The molecular weight excluding hydrogens is 200 g/mol. The molecule has 0 aliphatic carbocycles. The number of ether oxygens (including phenoxy) is 1. The Bertz CT molecular complexity index is 346. The summed E-state index contributed by atoms with van der Waals surface area (Å²) < 4.78 is 5.81. The molecule has 0 aromatic heterocycles. The van der Waals surface area contributed by atoms with Gasteiger partial charge in [-0.2, -0.15) is 0 Å². The SMILES string of the molecule is CC(O)C(C)CC1OCCc2ccccc21. The highest BCUT2D eigenvalue weighted by molar-refractivity contribution is 5.30. The summed E-state index contributed by atoms with van der Waals surface area (Å²) in [6.45, 7) is 4.72. The van der Waals surface area contributed by atoms with Crippen LogP contribution in [0, 0.1) is 5.92 Å². The minimum atomic E-state index is -0.266. The predicted octanol–water partition coefficient (Wildman–Crippen LogP) is 2.71. The molecule has 1 N–H and O–H groups in total. The van der Waals surface area contributed by atoms with Gasteiger partial charge in [0.05, 0.1) is 18.8 Å². The molecule has 1 heterocycles. The number of hydrogen-bond acceptors (Lipinski definition) is 2. The highest BCUT2D eigenvalue weighted by atomic mass is 16.5. The van der Waals surface area contributed by atoms with Crippen molar-refractivity contribution in [3.63, 3.8) is 0 Å². The van der Waals surface area contributed by atoms with Crippen LogP contribution < -0.4 is 0 Å². The molecule has 88 valence electrons. The van der Waals surface area contributed by atoms with Gasteiger partial charge < -0.3 is 9.84 Å². The van der Waals surface area contributed by atoms with Gasteiger partial charge >= 0.3 is 0 Å². The summed E-state index contributed by atoms with van der Waals surface area (Å²) >= 11 is 0. The summed E-state index contributed by atoms with van der Waals surface area (Å²) in [6, 6.07) is 8.47. The Balaban J connectivity index is 2.13. The van der Waals surface area contributed by atoms with Crippen LogP contribution in [0.4, 0.5) is 0 Å². The molecule has 3 unspecified atom stereocenters. The summed E-state index contributed by atoms with van der Waals surface area (Å²) in [5, 5.41) is 9.54. The van der Waals surface area contributed by atoms with Crippen molar-refractivity contribution in [3.8, 4) is 0 Å². The summed E-state index contributed by atoms with van der Waals surface area (Å²) in [6.07, 6.45) is 1.80. The third kappa shape index (κ3) is 2.45. The lowest BCUT2D eigenvalue weighted by Gasteiger charge is -2.29. The number of aliphatic hydroxyl groups excluding tert-OH is 1. The summed E-state index contributed by atoms with van der Waals surface area (Å²) in [5.41, 5.74) is 2.71. The maximum atomic E-state index is 9.54. The van der Waals surface area contributed by atoms with E-state index in [0.29, 0.717) is 0 Å². The van der Waals surface area contributed by atoms with Gasteiger partial charge in [0.15, 0.2) is 0 Å². The van der Waals surface area contributed by atoms with Crippen LogP contribution in [0.25, 0.3) is 0 Å². The Labute approximate surface area is 97.3 Å². The molecule has 2 rings (SSSR count). The van der Waals surface area contributed by atoms with Crippen LogP contribution in [0.3, 0.4) is 0 Å². The molecule has 0 saturated heterocycles. The number of aliphatic hydroxyl groups is 1. The molecule has 0 fully saturated rings. The molecular formula is C14H20O2. The van der Waals surface area contributed by atoms with E-state index in [-0.39, 0.29) is 18.1 Å². The van der Waals surface area contributed by atoms with Crippen LogP contribution in [0.1, 0.15) is 37.5 Å². The van der Waals surface area contributed by atoms with Gasteiger partial charge in [-0.25, -0.2) is 0 Å². The topological polar surface area (TPSA) is 29.5 Å². The molecule has 0 saturated carbocycles. The minimum absolute atomic E-state index is 0.162. The van der Waals surface area contributed by atoms with E-state index in [2.05, 4.69) is 31.2 Å². The van der Waals surface area contributed by atoms with E-state index in [4.69, 9.17) is 4.74 Å². The van der Waals surface area contributed by atoms with Crippen molar-refractivity contribution in [2.45, 2.75) is 38.9 Å². The molecule has 2 nitrogen and oxygen atoms in total. The molecule has 0 bridgehead atoms. The fraction of sp³-hybridized carbons (Fsp3) is 0.571. The molecule has 0 radical (unpaired) electrons. The fourth-order valence-corrected chi connectivity index (χ4v) is 2.21. The van der Waals surface area contributed by atoms with Gasteiger partial charge in [-0.05, 0) is 36.8 Å². The van der Waals surface area contributed by atoms with Gasteiger partial charge in [-0.15, -0.1) is 0 Å². The van der Waals surface area contributed by atoms with E-state index in [1.165, 1.54) is 11.1 Å². The van der Waals surface area contributed by atoms with Crippen LogP contribution in [-0.4, -0.2) is 17.8 Å². The third-order valence-electron chi connectivity index (χ3n) is 3.50. The molecule has 3 atom stereocenters. The Morgan fingerprint density at radius 3 is 2.88 bits per heavy atom. The van der Waals surface area contributed by atoms with Crippen molar-refractivity contribution in [1.29, 1.82) is 0 Å². The van der Waals surface area contributed by atoms with Crippen LogP contribution in [0.5, 0.6) is 0 Å². The van der Waals surface area contributed by atoms with Crippen molar-refractivity contribution in [2.24, 2.45) is 5.92 Å². The van der Waals surface area contributed by atoms with Gasteiger partial charge in [-0.3, -0.25) is 0 Å². The van der Waals surface area contributed by atoms with Gasteiger partial charge in [0, 0.05) is 0 Å². The van der Waals surface area contributed by atoms with Crippen molar-refractivity contribution >= 4 is 0 Å². The van der Waals surface area contributed by atoms with Gasteiger partial charge in [-0.1, -0.05) is 31.2 Å². The van der Waals surface area contributed by atoms with Gasteiger partial charge in [0.1, 0.15) is 0 Å². The minimum Gasteiger partial charge on any atom is -0.393 e. The standard InChI is InChI=1S/C14H20O2/c1-10(11(2)15)9-14-13-6-4-3-5-12(13)7-8-16-14/h3-6,10-11,14-15H,7-9H2,1-2H3. The van der Waals surface area contributed by atoms with Crippen molar-refractivity contribution in [1.82, 2.24) is 0 Å². The first-order valence-corrected chi connectivity index (χ1v) is 6.06. The van der Waals surface area contributed by atoms with Crippen molar-refractivity contribution in [2.75, 3.05) is 6.61 Å². The monoisotopic (exact) mass is 220 g/mol. The lowest BCUT2D eigenvalue weighted by molar-refractivity contribution is 0.00913. The van der Waals surface area contributed by atoms with E-state index < -0.39 is 0 Å². The number of benzene rings is 1. The smallest absolute Gasteiger partial charge is 0.0831 e. The lowest BCUT2D eigenvalue weighted by atomic mass is 9.90. The van der Waals surface area contributed by atoms with E-state index >= 15 is 0 Å². The Morgan fingerprint density at radius 1 is 1.38 bits per heavy atom. The van der Waals surface area contributed by atoms with Gasteiger partial charge in [0.2, 0.25) is 0 Å². The highest BCUT2D eigenvalue weighted by Gasteiger charge is 2.23. The second kappa shape index (κ2) is 4.98. The van der Waals surface area contributed by atoms with Crippen molar-refractivity contribution < 1.29 is 9.84 Å². The van der Waals surface area contributed by atoms with Crippen LogP contribution >= 0.6 is 0 Å². The summed E-state index contributed by atoms with van der Waals surface area (Å²) in [4.78, 5) is 0. The third-order valence-corrected chi connectivity index (χ3v) is 3.50. The zero-order valence-electron chi connectivity index (χ0n) is 10.0. The second-order valence-electron chi connectivity index (χ2n) is 4.76. The zero-order chi connectivity index (χ0) is 11.5.